The third-order valence-corrected chi connectivity index (χ3v) is 3.09. The van der Waals surface area contributed by atoms with E-state index in [2.05, 4.69) is 0 Å². The Hall–Kier alpha value is -2.00. The molecule has 2 aromatic carbocycles. The molecule has 0 amide bonds. The van der Waals surface area contributed by atoms with Gasteiger partial charge in [-0.3, -0.25) is 4.79 Å². The average molecular weight is 291 g/mol. The smallest absolute Gasteiger partial charge is 0.161 e. The maximum atomic E-state index is 11.3. The Morgan fingerprint density at radius 2 is 1.95 bits per heavy atom. The predicted octanol–water partition coefficient (Wildman–Crippen LogP) is 4.13. The predicted molar refractivity (Wildman–Crippen MR) is 78.8 cm³/mol. The van der Waals surface area contributed by atoms with Gasteiger partial charge in [0.2, 0.25) is 0 Å². The molecule has 0 aliphatic rings. The summed E-state index contributed by atoms with van der Waals surface area (Å²) in [4.78, 5) is 11.3. The van der Waals surface area contributed by atoms with Gasteiger partial charge in [-0.1, -0.05) is 23.7 Å². The lowest BCUT2D eigenvalue weighted by Crippen LogP contribution is -1.99. The largest absolute Gasteiger partial charge is 0.493 e. The molecule has 20 heavy (non-hydrogen) atoms. The molecule has 2 rings (SSSR count). The lowest BCUT2D eigenvalue weighted by Gasteiger charge is -2.11. The highest BCUT2D eigenvalue weighted by Gasteiger charge is 2.08. The molecule has 3 nitrogen and oxygen atoms in total. The lowest BCUT2D eigenvalue weighted by atomic mass is 10.1. The van der Waals surface area contributed by atoms with Gasteiger partial charge in [0.05, 0.1) is 7.11 Å². The number of hydrogen-bond donors (Lipinski definition) is 0. The Bertz CT molecular complexity index is 623. The Morgan fingerprint density at radius 3 is 2.60 bits per heavy atom. The summed E-state index contributed by atoms with van der Waals surface area (Å²) < 4.78 is 11.0. The Labute approximate surface area is 123 Å². The molecule has 0 saturated heterocycles. The van der Waals surface area contributed by atoms with Gasteiger partial charge >= 0.3 is 0 Å². The number of ether oxygens (including phenoxy) is 2. The normalized spacial score (nSPS) is 10.2. The number of carbonyl (C=O) groups is 1. The summed E-state index contributed by atoms with van der Waals surface area (Å²) >= 11 is 5.92. The van der Waals surface area contributed by atoms with E-state index < -0.39 is 0 Å². The fourth-order valence-electron chi connectivity index (χ4n) is 1.79. The zero-order chi connectivity index (χ0) is 14.5. The van der Waals surface area contributed by atoms with Crippen LogP contribution in [-0.2, 0) is 6.61 Å². The van der Waals surface area contributed by atoms with E-state index in [-0.39, 0.29) is 5.78 Å². The minimum atomic E-state index is -0.00955. The SMILES string of the molecule is COc1cc(C(C)=O)ccc1OCc1cccc(Cl)c1. The third-order valence-electron chi connectivity index (χ3n) is 2.85. The van der Waals surface area contributed by atoms with E-state index in [1.807, 2.05) is 24.3 Å². The van der Waals surface area contributed by atoms with Gasteiger partial charge in [-0.2, -0.15) is 0 Å². The molecule has 0 aliphatic carbocycles. The van der Waals surface area contributed by atoms with Crippen LogP contribution in [0.2, 0.25) is 5.02 Å². The summed E-state index contributed by atoms with van der Waals surface area (Å²) in [5.41, 5.74) is 1.56. The molecule has 4 heteroatoms. The second-order valence-electron chi connectivity index (χ2n) is 4.34. The van der Waals surface area contributed by atoms with Crippen LogP contribution in [-0.4, -0.2) is 12.9 Å². The molecule has 0 spiro atoms. The highest BCUT2D eigenvalue weighted by atomic mass is 35.5. The average Bonchev–Trinajstić information content (AvgIpc) is 2.45. The van der Waals surface area contributed by atoms with E-state index in [0.29, 0.717) is 28.7 Å². The summed E-state index contributed by atoms with van der Waals surface area (Å²) in [7, 11) is 1.55. The second-order valence-corrected chi connectivity index (χ2v) is 4.78. The van der Waals surface area contributed by atoms with Crippen LogP contribution in [0.3, 0.4) is 0 Å². The Balaban J connectivity index is 2.15. The van der Waals surface area contributed by atoms with E-state index in [1.165, 1.54) is 6.92 Å². The molecule has 0 radical (unpaired) electrons. The van der Waals surface area contributed by atoms with Crippen molar-refractivity contribution in [2.75, 3.05) is 7.11 Å². The van der Waals surface area contributed by atoms with Crippen LogP contribution in [0.25, 0.3) is 0 Å². The minimum absolute atomic E-state index is 0.00955. The van der Waals surface area contributed by atoms with Crippen molar-refractivity contribution in [3.05, 3.63) is 58.6 Å². The van der Waals surface area contributed by atoms with E-state index >= 15 is 0 Å². The van der Waals surface area contributed by atoms with E-state index in [0.717, 1.165) is 5.56 Å². The Kier molecular flexibility index (Phi) is 4.64. The monoisotopic (exact) mass is 290 g/mol. The number of hydrogen-bond acceptors (Lipinski definition) is 3. The van der Waals surface area contributed by atoms with Crippen LogP contribution in [0, 0.1) is 0 Å². The molecule has 0 fully saturated rings. The van der Waals surface area contributed by atoms with Crippen molar-refractivity contribution in [1.82, 2.24) is 0 Å². The van der Waals surface area contributed by atoms with Crippen LogP contribution in [0.4, 0.5) is 0 Å². The summed E-state index contributed by atoms with van der Waals surface area (Å²) in [5.74, 6) is 1.13. The van der Waals surface area contributed by atoms with E-state index in [1.54, 1.807) is 25.3 Å². The van der Waals surface area contributed by atoms with Crippen LogP contribution in [0.1, 0.15) is 22.8 Å². The maximum absolute atomic E-state index is 11.3. The van der Waals surface area contributed by atoms with Crippen molar-refractivity contribution in [2.24, 2.45) is 0 Å². The number of rotatable bonds is 5. The lowest BCUT2D eigenvalue weighted by molar-refractivity contribution is 0.101. The molecular formula is C16H15ClO3. The topological polar surface area (TPSA) is 35.5 Å². The van der Waals surface area contributed by atoms with Crippen molar-refractivity contribution in [1.29, 1.82) is 0 Å². The summed E-state index contributed by atoms with van der Waals surface area (Å²) in [5, 5.41) is 0.671. The first kappa shape index (κ1) is 14.4. The first-order valence-corrected chi connectivity index (χ1v) is 6.54. The van der Waals surface area contributed by atoms with Crippen LogP contribution >= 0.6 is 11.6 Å². The van der Waals surface area contributed by atoms with Crippen molar-refractivity contribution in [3.8, 4) is 11.5 Å². The second kappa shape index (κ2) is 6.44. The summed E-state index contributed by atoms with van der Waals surface area (Å²) in [6, 6.07) is 12.6. The molecule has 0 unspecified atom stereocenters. The number of halogens is 1. The quantitative estimate of drug-likeness (QED) is 0.777. The molecule has 0 aliphatic heterocycles. The van der Waals surface area contributed by atoms with Gasteiger partial charge in [0.15, 0.2) is 17.3 Å². The fourth-order valence-corrected chi connectivity index (χ4v) is 2.01. The minimum Gasteiger partial charge on any atom is -0.493 e. The van der Waals surface area contributed by atoms with Crippen LogP contribution < -0.4 is 9.47 Å². The summed E-state index contributed by atoms with van der Waals surface area (Å²) in [6.45, 7) is 1.90. The molecular weight excluding hydrogens is 276 g/mol. The van der Waals surface area contributed by atoms with Gasteiger partial charge < -0.3 is 9.47 Å². The first-order valence-electron chi connectivity index (χ1n) is 6.16. The van der Waals surface area contributed by atoms with Crippen LogP contribution in [0.5, 0.6) is 11.5 Å². The van der Waals surface area contributed by atoms with Gasteiger partial charge in [0, 0.05) is 10.6 Å². The number of benzene rings is 2. The molecule has 0 bridgehead atoms. The van der Waals surface area contributed by atoms with E-state index in [4.69, 9.17) is 21.1 Å². The fraction of sp³-hybridized carbons (Fsp3) is 0.188. The van der Waals surface area contributed by atoms with Crippen molar-refractivity contribution >= 4 is 17.4 Å². The Morgan fingerprint density at radius 1 is 1.15 bits per heavy atom. The summed E-state index contributed by atoms with van der Waals surface area (Å²) in [6.07, 6.45) is 0. The zero-order valence-corrected chi connectivity index (χ0v) is 12.1. The van der Waals surface area contributed by atoms with Gasteiger partial charge in [-0.25, -0.2) is 0 Å². The standard InChI is InChI=1S/C16H15ClO3/c1-11(18)13-6-7-15(16(9-13)19-2)20-10-12-4-3-5-14(17)8-12/h3-9H,10H2,1-2H3. The number of carbonyl (C=O) groups excluding carboxylic acids is 1. The molecule has 2 aromatic rings. The van der Waals surface area contributed by atoms with Crippen molar-refractivity contribution in [3.63, 3.8) is 0 Å². The van der Waals surface area contributed by atoms with Gasteiger partial charge in [-0.15, -0.1) is 0 Å². The van der Waals surface area contributed by atoms with E-state index in [9.17, 15) is 4.79 Å². The van der Waals surface area contributed by atoms with Crippen molar-refractivity contribution in [2.45, 2.75) is 13.5 Å². The van der Waals surface area contributed by atoms with Crippen LogP contribution in [0.15, 0.2) is 42.5 Å². The van der Waals surface area contributed by atoms with Gasteiger partial charge in [0.1, 0.15) is 6.61 Å². The van der Waals surface area contributed by atoms with Gasteiger partial charge in [0.25, 0.3) is 0 Å². The molecule has 104 valence electrons. The number of Topliss-reactive ketones (excluding diaryl/α,β-unsaturated/α-hetero) is 1. The molecule has 0 saturated carbocycles. The maximum Gasteiger partial charge on any atom is 0.161 e. The van der Waals surface area contributed by atoms with Crippen molar-refractivity contribution < 1.29 is 14.3 Å². The van der Waals surface area contributed by atoms with Gasteiger partial charge in [-0.05, 0) is 42.8 Å². The number of methoxy groups -OCH3 is 1. The molecule has 0 N–H and O–H groups in total. The zero-order valence-electron chi connectivity index (χ0n) is 11.4. The molecule has 0 aromatic heterocycles. The molecule has 0 heterocycles. The third kappa shape index (κ3) is 3.52. The molecule has 0 atom stereocenters. The first-order chi connectivity index (χ1) is 9.60. The highest BCUT2D eigenvalue weighted by Crippen LogP contribution is 2.29. The number of ketones is 1. The highest BCUT2D eigenvalue weighted by molar-refractivity contribution is 6.30.